The van der Waals surface area contributed by atoms with E-state index in [1.165, 1.54) is 29.8 Å². The molecule has 20 heavy (non-hydrogen) atoms. The minimum Gasteiger partial charge on any atom is -0.405 e. The van der Waals surface area contributed by atoms with Gasteiger partial charge < -0.3 is 21.1 Å². The van der Waals surface area contributed by atoms with Gasteiger partial charge in [0.05, 0.1) is 10.4 Å². The first kappa shape index (κ1) is 14.1. The SMILES string of the molecule is CC(C(=N)/C=C\N)c1nc2c(s1)c(C=N)c(C=O)n2C. The van der Waals surface area contributed by atoms with Crippen LogP contribution in [0.4, 0.5) is 0 Å². The van der Waals surface area contributed by atoms with Crippen LogP contribution < -0.4 is 5.73 Å². The molecule has 0 radical (unpaired) electrons. The van der Waals surface area contributed by atoms with Gasteiger partial charge in [-0.3, -0.25) is 4.79 Å². The van der Waals surface area contributed by atoms with Crippen LogP contribution in [0, 0.1) is 10.8 Å². The number of nitrogens with one attached hydrogen (secondary N) is 2. The fraction of sp³-hybridized carbons (Fsp3) is 0.231. The number of fused-ring (bicyclic) bond motifs is 1. The molecule has 2 rings (SSSR count). The van der Waals surface area contributed by atoms with Crippen LogP contribution in [-0.4, -0.2) is 27.8 Å². The number of hydrogen-bond acceptors (Lipinski definition) is 6. The number of carbonyl (C=O) groups is 1. The monoisotopic (exact) mass is 289 g/mol. The number of nitrogens with two attached hydrogens (primary N) is 1. The van der Waals surface area contributed by atoms with Gasteiger partial charge in [-0.25, -0.2) is 4.98 Å². The van der Waals surface area contributed by atoms with Crippen LogP contribution in [0.3, 0.4) is 0 Å². The summed E-state index contributed by atoms with van der Waals surface area (Å²) in [5.41, 5.74) is 7.37. The number of rotatable bonds is 5. The van der Waals surface area contributed by atoms with Gasteiger partial charge in [0, 0.05) is 30.5 Å². The van der Waals surface area contributed by atoms with Gasteiger partial charge in [0.15, 0.2) is 11.9 Å². The standard InChI is InChI=1S/C13H15N5OS/c1-7(9(16)3-4-14)13-17-12-11(20-13)8(5-15)10(6-19)18(12)2/h3-7,15-16H,14H2,1-2H3/b4-3-,15-5?,16-9?. The molecule has 2 aromatic rings. The first-order valence-electron chi connectivity index (χ1n) is 5.96. The zero-order valence-corrected chi connectivity index (χ0v) is 12.0. The van der Waals surface area contributed by atoms with Crippen LogP contribution in [-0.2, 0) is 7.05 Å². The van der Waals surface area contributed by atoms with Crippen molar-refractivity contribution < 1.29 is 4.79 Å². The summed E-state index contributed by atoms with van der Waals surface area (Å²) in [6.45, 7) is 1.88. The number of aromatic nitrogens is 2. The fourth-order valence-corrected chi connectivity index (χ4v) is 3.18. The molecule has 0 spiro atoms. The van der Waals surface area contributed by atoms with Gasteiger partial charge >= 0.3 is 0 Å². The van der Waals surface area contributed by atoms with Gasteiger partial charge in [-0.2, -0.15) is 0 Å². The Morgan fingerprint density at radius 3 is 2.80 bits per heavy atom. The van der Waals surface area contributed by atoms with Crippen molar-refractivity contribution in [2.45, 2.75) is 12.8 Å². The summed E-state index contributed by atoms with van der Waals surface area (Å²) in [5, 5.41) is 16.1. The molecule has 1 unspecified atom stereocenters. The lowest BCUT2D eigenvalue weighted by Gasteiger charge is -2.05. The lowest BCUT2D eigenvalue weighted by atomic mass is 10.1. The smallest absolute Gasteiger partial charge is 0.167 e. The quantitative estimate of drug-likeness (QED) is 0.578. The van der Waals surface area contributed by atoms with E-state index in [2.05, 4.69) is 4.98 Å². The Balaban J connectivity index is 2.58. The van der Waals surface area contributed by atoms with Gasteiger partial charge in [-0.15, -0.1) is 11.3 Å². The predicted octanol–water partition coefficient (Wildman–Crippen LogP) is 2.04. The lowest BCUT2D eigenvalue weighted by Crippen LogP contribution is -2.06. The van der Waals surface area contributed by atoms with Crippen molar-refractivity contribution in [3.8, 4) is 0 Å². The lowest BCUT2D eigenvalue weighted by molar-refractivity contribution is 0.111. The third kappa shape index (κ3) is 2.05. The summed E-state index contributed by atoms with van der Waals surface area (Å²) >= 11 is 1.40. The Bertz CT molecular complexity index is 725. The molecular weight excluding hydrogens is 274 g/mol. The fourth-order valence-electron chi connectivity index (χ4n) is 1.99. The number of aldehydes is 1. The molecule has 0 aliphatic heterocycles. The molecule has 0 aromatic carbocycles. The molecule has 0 aliphatic rings. The van der Waals surface area contributed by atoms with Crippen LogP contribution in [0.25, 0.3) is 10.3 Å². The van der Waals surface area contributed by atoms with Crippen molar-refractivity contribution >= 4 is 39.9 Å². The van der Waals surface area contributed by atoms with E-state index in [9.17, 15) is 4.79 Å². The van der Waals surface area contributed by atoms with Gasteiger partial charge in [-0.05, 0) is 12.3 Å². The molecule has 104 valence electrons. The van der Waals surface area contributed by atoms with E-state index in [0.29, 0.717) is 22.6 Å². The average molecular weight is 289 g/mol. The third-order valence-corrected chi connectivity index (χ3v) is 4.45. The van der Waals surface area contributed by atoms with Crippen molar-refractivity contribution in [1.29, 1.82) is 10.8 Å². The number of nitrogens with zero attached hydrogens (tertiary/aromatic N) is 2. The number of hydrogen-bond donors (Lipinski definition) is 3. The highest BCUT2D eigenvalue weighted by Crippen LogP contribution is 2.32. The summed E-state index contributed by atoms with van der Waals surface area (Å²) in [4.78, 5) is 15.6. The first-order valence-corrected chi connectivity index (χ1v) is 6.78. The van der Waals surface area contributed by atoms with Crippen molar-refractivity contribution in [2.24, 2.45) is 12.8 Å². The number of allylic oxidation sites excluding steroid dienone is 1. The van der Waals surface area contributed by atoms with Gasteiger partial charge in [0.25, 0.3) is 0 Å². The molecule has 4 N–H and O–H groups in total. The second-order valence-corrected chi connectivity index (χ2v) is 5.39. The van der Waals surface area contributed by atoms with Gasteiger partial charge in [-0.1, -0.05) is 6.92 Å². The van der Waals surface area contributed by atoms with Crippen molar-refractivity contribution in [3.05, 3.63) is 28.5 Å². The molecule has 7 heteroatoms. The number of aryl methyl sites for hydroxylation is 1. The highest BCUT2D eigenvalue weighted by Gasteiger charge is 2.21. The Morgan fingerprint density at radius 2 is 2.25 bits per heavy atom. The molecule has 1 atom stereocenters. The molecular formula is C13H15N5OS. The molecule has 6 nitrogen and oxygen atoms in total. The zero-order chi connectivity index (χ0) is 14.9. The van der Waals surface area contributed by atoms with Crippen LogP contribution in [0.1, 0.15) is 33.9 Å². The highest BCUT2D eigenvalue weighted by atomic mass is 32.1. The first-order chi connectivity index (χ1) is 9.54. The Morgan fingerprint density at radius 1 is 1.55 bits per heavy atom. The molecule has 0 fully saturated rings. The minimum atomic E-state index is -0.175. The number of thiazole rings is 1. The minimum absolute atomic E-state index is 0.175. The molecule has 0 amide bonds. The summed E-state index contributed by atoms with van der Waals surface area (Å²) in [6, 6.07) is 0. The van der Waals surface area contributed by atoms with E-state index in [0.717, 1.165) is 16.0 Å². The predicted molar refractivity (Wildman–Crippen MR) is 81.3 cm³/mol. The van der Waals surface area contributed by atoms with Crippen molar-refractivity contribution in [1.82, 2.24) is 9.55 Å². The molecule has 0 saturated heterocycles. The topological polar surface area (TPSA) is 109 Å². The molecule has 2 aromatic heterocycles. The normalized spacial score (nSPS) is 12.9. The van der Waals surface area contributed by atoms with Crippen molar-refractivity contribution in [3.63, 3.8) is 0 Å². The maximum atomic E-state index is 11.1. The summed E-state index contributed by atoms with van der Waals surface area (Å²) in [6.07, 6.45) is 4.77. The Hall–Kier alpha value is -2.28. The largest absolute Gasteiger partial charge is 0.405 e. The van der Waals surface area contributed by atoms with Crippen LogP contribution in [0.5, 0.6) is 0 Å². The van der Waals surface area contributed by atoms with Crippen LogP contribution in [0.15, 0.2) is 12.3 Å². The number of carbonyl (C=O) groups excluding carboxylic acids is 1. The maximum absolute atomic E-state index is 11.1. The summed E-state index contributed by atoms with van der Waals surface area (Å²) in [5.74, 6) is -0.175. The average Bonchev–Trinajstić information content (AvgIpc) is 2.96. The van der Waals surface area contributed by atoms with E-state index in [1.54, 1.807) is 11.6 Å². The third-order valence-electron chi connectivity index (χ3n) is 3.19. The second kappa shape index (κ2) is 5.38. The van der Waals surface area contributed by atoms with E-state index in [4.69, 9.17) is 16.6 Å². The highest BCUT2D eigenvalue weighted by molar-refractivity contribution is 7.19. The van der Waals surface area contributed by atoms with E-state index in [-0.39, 0.29) is 5.92 Å². The second-order valence-electron chi connectivity index (χ2n) is 4.36. The molecule has 2 heterocycles. The maximum Gasteiger partial charge on any atom is 0.167 e. The van der Waals surface area contributed by atoms with E-state index < -0.39 is 0 Å². The van der Waals surface area contributed by atoms with Crippen LogP contribution >= 0.6 is 11.3 Å². The van der Waals surface area contributed by atoms with Gasteiger partial charge in [0.2, 0.25) is 0 Å². The summed E-state index contributed by atoms with van der Waals surface area (Å²) in [7, 11) is 1.75. The Labute approximate surface area is 119 Å². The molecule has 0 saturated carbocycles. The van der Waals surface area contributed by atoms with Gasteiger partial charge in [0.1, 0.15) is 5.01 Å². The van der Waals surface area contributed by atoms with E-state index in [1.807, 2.05) is 6.92 Å². The molecule has 0 aliphatic carbocycles. The summed E-state index contributed by atoms with van der Waals surface area (Å²) < 4.78 is 2.48. The van der Waals surface area contributed by atoms with E-state index >= 15 is 0 Å². The van der Waals surface area contributed by atoms with Crippen LogP contribution in [0.2, 0.25) is 0 Å². The van der Waals surface area contributed by atoms with Crippen molar-refractivity contribution in [2.75, 3.05) is 0 Å². The Kier molecular flexibility index (Phi) is 3.80. The molecule has 0 bridgehead atoms. The zero-order valence-electron chi connectivity index (χ0n) is 11.2.